The Morgan fingerprint density at radius 3 is 1.41 bits per heavy atom. The van der Waals surface area contributed by atoms with Crippen molar-refractivity contribution in [2.75, 3.05) is 52.7 Å². The molecular weight excluding hydrogens is 996 g/mol. The maximum Gasteiger partial charge on any atom is 0.259 e. The summed E-state index contributed by atoms with van der Waals surface area (Å²) >= 11 is 0. The first-order valence-electron chi connectivity index (χ1n) is 29.2. The highest BCUT2D eigenvalue weighted by molar-refractivity contribution is 7.45. The first-order chi connectivity index (χ1) is 36.1. The fourth-order valence-electron chi connectivity index (χ4n) is 13.5. The van der Waals surface area contributed by atoms with Crippen LogP contribution in [-0.2, 0) is 27.1 Å². The van der Waals surface area contributed by atoms with E-state index in [0.717, 1.165) is 117 Å². The molecule has 0 N–H and O–H groups in total. The minimum atomic E-state index is -1.11. The van der Waals surface area contributed by atoms with E-state index in [4.69, 9.17) is 42.9 Å². The van der Waals surface area contributed by atoms with Crippen LogP contribution >= 0.6 is 25.6 Å². The van der Waals surface area contributed by atoms with Gasteiger partial charge in [0.05, 0.1) is 76.6 Å². The zero-order valence-corrected chi connectivity index (χ0v) is 50.8. The average Bonchev–Trinajstić information content (AvgIpc) is 3.60. The predicted molar refractivity (Wildman–Crippen MR) is 306 cm³/mol. The third-order valence-electron chi connectivity index (χ3n) is 16.5. The van der Waals surface area contributed by atoms with Crippen molar-refractivity contribution in [1.29, 1.82) is 15.8 Å². The lowest BCUT2D eigenvalue weighted by atomic mass is 9.50. The molecule has 1 aliphatic heterocycles. The van der Waals surface area contributed by atoms with Crippen LogP contribution in [0.25, 0.3) is 0 Å². The average molecular weight is 1090 g/mol. The van der Waals surface area contributed by atoms with Gasteiger partial charge in [0.15, 0.2) is 0 Å². The second kappa shape index (κ2) is 31.4. The molecule has 0 amide bonds. The maximum absolute atomic E-state index is 8.85. The zero-order valence-electron chi connectivity index (χ0n) is 48.2. The monoisotopic (exact) mass is 1090 g/mol. The third-order valence-corrected chi connectivity index (χ3v) is 22.9. The van der Waals surface area contributed by atoms with Crippen molar-refractivity contribution in [2.24, 2.45) is 65.1 Å². The van der Waals surface area contributed by atoms with Crippen molar-refractivity contribution in [3.05, 3.63) is 48.6 Å². The summed E-state index contributed by atoms with van der Waals surface area (Å²) in [5.41, 5.74) is 0. The van der Waals surface area contributed by atoms with Gasteiger partial charge in [0.2, 0.25) is 0 Å². The Morgan fingerprint density at radius 2 is 0.947 bits per heavy atom. The van der Waals surface area contributed by atoms with Gasteiger partial charge in [-0.05, 0) is 193 Å². The number of allylic oxidation sites excluding steroid dienone is 8. The van der Waals surface area contributed by atoms with Crippen LogP contribution in [0.5, 0.6) is 0 Å². The van der Waals surface area contributed by atoms with E-state index in [9.17, 15) is 0 Å². The molecule has 1 saturated heterocycles. The van der Waals surface area contributed by atoms with Gasteiger partial charge in [0.25, 0.3) is 25.6 Å². The lowest BCUT2D eigenvalue weighted by Gasteiger charge is -2.53. The minimum absolute atomic E-state index is 0.262. The fourth-order valence-corrected chi connectivity index (χ4v) is 18.5. The number of nitrogens with zero attached hydrogens (tertiary/aromatic N) is 7. The lowest BCUT2D eigenvalue weighted by molar-refractivity contribution is 0.0672. The Bertz CT molecular complexity index is 1900. The van der Waals surface area contributed by atoms with Gasteiger partial charge in [0, 0.05) is 55.9 Å². The van der Waals surface area contributed by atoms with Gasteiger partial charge in [-0.2, -0.15) is 15.8 Å². The number of nitriles is 3. The quantitative estimate of drug-likeness (QED) is 0.0417. The summed E-state index contributed by atoms with van der Waals surface area (Å²) < 4.78 is 43.8. The van der Waals surface area contributed by atoms with Crippen LogP contribution in [0.4, 0.5) is 0 Å². The van der Waals surface area contributed by atoms with Crippen molar-refractivity contribution in [1.82, 2.24) is 18.9 Å². The summed E-state index contributed by atoms with van der Waals surface area (Å²) in [5, 5.41) is 26.3. The summed E-state index contributed by atoms with van der Waals surface area (Å²) in [5.74, 6) is 9.03. The normalized spacial score (nSPS) is 31.3. The van der Waals surface area contributed by atoms with Crippen LogP contribution in [-0.4, -0.2) is 114 Å². The summed E-state index contributed by atoms with van der Waals surface area (Å²) in [4.78, 5) is 2.68. The Balaban J connectivity index is 0.000000186. The van der Waals surface area contributed by atoms with E-state index in [1.165, 1.54) is 25.9 Å². The van der Waals surface area contributed by atoms with Crippen molar-refractivity contribution < 1.29 is 27.1 Å². The van der Waals surface area contributed by atoms with E-state index in [1.807, 2.05) is 0 Å². The number of fused-ring (bicyclic) bond motifs is 5. The SMILES string of the molecule is CC(C)N(C(C)C)P(OCCC#N)OC1CC/C=C/CCC1.CC(C)N(C(C)C)P(OCCC#N)OCC1C2C3C=CC(C3)C12.CC(C)N(C(C)C)P(OCCC#N)OCCCN1CC2C3C=CC(C4C=CC43)C2C1. The van der Waals surface area contributed by atoms with E-state index in [1.54, 1.807) is 0 Å². The molecule has 0 radical (unpaired) electrons. The molecule has 9 aliphatic rings. The molecule has 9 rings (SSSR count). The van der Waals surface area contributed by atoms with Crippen LogP contribution in [0.1, 0.15) is 147 Å². The molecule has 0 spiro atoms. The summed E-state index contributed by atoms with van der Waals surface area (Å²) in [6, 6.07) is 8.65. The molecule has 4 fully saturated rings. The van der Waals surface area contributed by atoms with E-state index in [2.05, 4.69) is 169 Å². The second-order valence-electron chi connectivity index (χ2n) is 23.8. The first kappa shape index (κ1) is 62.5. The molecule has 16 heteroatoms. The third kappa shape index (κ3) is 17.2. The second-order valence-corrected chi connectivity index (χ2v) is 28.1. The van der Waals surface area contributed by atoms with Gasteiger partial charge >= 0.3 is 0 Å². The predicted octanol–water partition coefficient (Wildman–Crippen LogP) is 14.4. The summed E-state index contributed by atoms with van der Waals surface area (Å²) in [6.07, 6.45) is 28.8. The molecule has 3 saturated carbocycles. The molecule has 0 aromatic carbocycles. The fraction of sp³-hybridized carbons (Fsp3) is 0.814. The van der Waals surface area contributed by atoms with E-state index < -0.39 is 25.6 Å². The maximum atomic E-state index is 8.85. The standard InChI is InChI=1S/C24H38N3O2P.C18H29N2O2P.C17H31N2O2P/c1-17(2)27(18(3)4)30(28-13-5-11-25)29-14-6-12-26-15-23-21-9-10-22(24(23)16-26)20-8-7-19(20)21;1-12(2)20(13(3)4)23(21-9-5-8-19)22-11-16-17-14-6-7-15(10-14)18(16)17;1-15(2)19(16(3)4)22(20-14-10-13-18)21-17-11-8-6-5-7-9-12-17/h7-10,17-24H,5-6,12-16H2,1-4H3;6-7,12-18H,5,9-11H2,1-4H3;5-6,15-17H,7-12,14H2,1-4H3/b;;6-5+. The van der Waals surface area contributed by atoms with Crippen LogP contribution in [0.3, 0.4) is 0 Å². The lowest BCUT2D eigenvalue weighted by Crippen LogP contribution is -2.49. The molecule has 0 aromatic heterocycles. The van der Waals surface area contributed by atoms with Crippen molar-refractivity contribution in [3.8, 4) is 18.2 Å². The molecule has 14 unspecified atom stereocenters. The number of hydrogen-bond donors (Lipinski definition) is 0. The van der Waals surface area contributed by atoms with E-state index in [-0.39, 0.29) is 6.10 Å². The van der Waals surface area contributed by atoms with Gasteiger partial charge in [-0.1, -0.05) is 48.6 Å². The topological polar surface area (TPSA) is 140 Å². The summed E-state index contributed by atoms with van der Waals surface area (Å²) in [6.45, 7) is 32.7. The van der Waals surface area contributed by atoms with E-state index >= 15 is 0 Å². The highest BCUT2D eigenvalue weighted by Crippen LogP contribution is 2.67. The molecule has 4 bridgehead atoms. The van der Waals surface area contributed by atoms with Gasteiger partial charge < -0.3 is 32.0 Å². The number of hydrogen-bond acceptors (Lipinski definition) is 13. The van der Waals surface area contributed by atoms with Gasteiger partial charge in [-0.15, -0.1) is 0 Å². The molecule has 0 aromatic rings. The Hall–Kier alpha value is -1.68. The highest BCUT2D eigenvalue weighted by atomic mass is 31.2. The van der Waals surface area contributed by atoms with Crippen LogP contribution in [0.2, 0.25) is 0 Å². The van der Waals surface area contributed by atoms with Crippen LogP contribution in [0.15, 0.2) is 48.6 Å². The Morgan fingerprint density at radius 1 is 0.520 bits per heavy atom. The smallest absolute Gasteiger partial charge is 0.259 e. The van der Waals surface area contributed by atoms with Gasteiger partial charge in [-0.3, -0.25) is 0 Å². The first-order valence-corrected chi connectivity index (χ1v) is 32.6. The Labute approximate surface area is 459 Å². The molecule has 13 nitrogen and oxygen atoms in total. The Kier molecular flexibility index (Phi) is 26.1. The number of likely N-dealkylation sites (tertiary alicyclic amines) is 1. The molecule has 1 heterocycles. The van der Waals surface area contributed by atoms with Gasteiger partial charge in [0.1, 0.15) is 0 Å². The molecule has 8 aliphatic carbocycles. The van der Waals surface area contributed by atoms with Crippen molar-refractivity contribution in [2.45, 2.75) is 190 Å². The zero-order chi connectivity index (χ0) is 54.2. The van der Waals surface area contributed by atoms with Crippen molar-refractivity contribution in [3.63, 3.8) is 0 Å². The largest absolute Gasteiger partial charge is 0.322 e. The van der Waals surface area contributed by atoms with Crippen LogP contribution < -0.4 is 0 Å². The van der Waals surface area contributed by atoms with Gasteiger partial charge in [-0.25, -0.2) is 14.0 Å². The summed E-state index contributed by atoms with van der Waals surface area (Å²) in [7, 11) is -3.29. The molecular formula is C59H98N7O6P3. The minimum Gasteiger partial charge on any atom is -0.322 e. The van der Waals surface area contributed by atoms with Crippen molar-refractivity contribution >= 4 is 25.6 Å². The van der Waals surface area contributed by atoms with E-state index in [0.29, 0.717) is 75.3 Å². The molecule has 75 heavy (non-hydrogen) atoms. The number of rotatable bonds is 28. The molecule has 420 valence electrons. The molecule has 14 atom stereocenters. The van der Waals surface area contributed by atoms with Crippen LogP contribution in [0, 0.1) is 99.1 Å². The highest BCUT2D eigenvalue weighted by Gasteiger charge is 2.63.